The third-order valence-corrected chi connectivity index (χ3v) is 2.42. The maximum Gasteiger partial charge on any atom is 0.160 e. The summed E-state index contributed by atoms with van der Waals surface area (Å²) in [5.41, 5.74) is 3.20. The Bertz CT molecular complexity index is 299. The highest BCUT2D eigenvalue weighted by Gasteiger charge is 2.10. The lowest BCUT2D eigenvalue weighted by Gasteiger charge is -2.27. The summed E-state index contributed by atoms with van der Waals surface area (Å²) in [6.45, 7) is 2.13. The van der Waals surface area contributed by atoms with Crippen LogP contribution in [0, 0.1) is 0 Å². The van der Waals surface area contributed by atoms with E-state index in [9.17, 15) is 0 Å². The average molecular weight is 213 g/mol. The third kappa shape index (κ3) is 2.56. The highest BCUT2D eigenvalue weighted by molar-refractivity contribution is 6.29. The van der Waals surface area contributed by atoms with Gasteiger partial charge in [0.15, 0.2) is 5.82 Å². The van der Waals surface area contributed by atoms with Gasteiger partial charge in [0.2, 0.25) is 0 Å². The molecule has 1 N–H and O–H groups in total. The molecule has 1 aromatic heterocycles. The smallest absolute Gasteiger partial charge is 0.160 e. The van der Waals surface area contributed by atoms with Gasteiger partial charge in [-0.3, -0.25) is 4.98 Å². The average Bonchev–Trinajstić information content (AvgIpc) is 2.19. The fraction of sp³-hybridized carbons (Fsp3) is 0.556. The molecule has 1 aliphatic heterocycles. The van der Waals surface area contributed by atoms with Crippen molar-refractivity contribution >= 4 is 17.4 Å². The minimum absolute atomic E-state index is 0.423. The van der Waals surface area contributed by atoms with Crippen LogP contribution in [-0.4, -0.2) is 28.1 Å². The second-order valence-electron chi connectivity index (χ2n) is 3.39. The second-order valence-corrected chi connectivity index (χ2v) is 3.77. The molecular weight excluding hydrogens is 200 g/mol. The molecule has 0 aromatic carbocycles. The van der Waals surface area contributed by atoms with Crippen molar-refractivity contribution in [2.45, 2.75) is 19.3 Å². The lowest BCUT2D eigenvalue weighted by molar-refractivity contribution is 0.272. The molecule has 0 aliphatic carbocycles. The molecular formula is C9H13ClN4. The standard InChI is InChI=1S/C9H13ClN4/c10-8-6-11-7-9(12-8)13-14-4-2-1-3-5-14/h6-7H,1-5H2,(H,12,13). The van der Waals surface area contributed by atoms with Gasteiger partial charge < -0.3 is 5.43 Å². The van der Waals surface area contributed by atoms with E-state index >= 15 is 0 Å². The number of halogens is 1. The summed E-state index contributed by atoms with van der Waals surface area (Å²) < 4.78 is 0. The van der Waals surface area contributed by atoms with Crippen LogP contribution in [-0.2, 0) is 0 Å². The Morgan fingerprint density at radius 1 is 1.21 bits per heavy atom. The quantitative estimate of drug-likeness (QED) is 0.814. The summed E-state index contributed by atoms with van der Waals surface area (Å²) in [4.78, 5) is 8.08. The summed E-state index contributed by atoms with van der Waals surface area (Å²) in [7, 11) is 0. The molecule has 1 saturated heterocycles. The van der Waals surface area contributed by atoms with Crippen molar-refractivity contribution in [1.29, 1.82) is 0 Å². The molecule has 0 bridgehead atoms. The number of hydrogen-bond acceptors (Lipinski definition) is 4. The van der Waals surface area contributed by atoms with Gasteiger partial charge in [0.25, 0.3) is 0 Å². The fourth-order valence-corrected chi connectivity index (χ4v) is 1.71. The summed E-state index contributed by atoms with van der Waals surface area (Å²) >= 11 is 5.73. The Morgan fingerprint density at radius 2 is 2.00 bits per heavy atom. The van der Waals surface area contributed by atoms with E-state index < -0.39 is 0 Å². The highest BCUT2D eigenvalue weighted by Crippen LogP contribution is 2.12. The van der Waals surface area contributed by atoms with Crippen LogP contribution in [0.15, 0.2) is 12.4 Å². The minimum Gasteiger partial charge on any atom is -0.302 e. The molecule has 2 rings (SSSR count). The van der Waals surface area contributed by atoms with Crippen molar-refractivity contribution in [2.24, 2.45) is 0 Å². The number of nitrogens with zero attached hydrogens (tertiary/aromatic N) is 3. The van der Waals surface area contributed by atoms with E-state index in [1.807, 2.05) is 0 Å². The van der Waals surface area contributed by atoms with Crippen LogP contribution in [0.3, 0.4) is 0 Å². The molecule has 4 nitrogen and oxygen atoms in total. The normalized spacial score (nSPS) is 18.1. The van der Waals surface area contributed by atoms with Crippen molar-refractivity contribution in [2.75, 3.05) is 18.5 Å². The van der Waals surface area contributed by atoms with E-state index in [1.54, 1.807) is 6.20 Å². The second kappa shape index (κ2) is 4.57. The molecule has 76 valence electrons. The molecule has 1 fully saturated rings. The summed E-state index contributed by atoms with van der Waals surface area (Å²) in [6.07, 6.45) is 7.00. The Balaban J connectivity index is 1.95. The lowest BCUT2D eigenvalue weighted by Crippen LogP contribution is -2.35. The van der Waals surface area contributed by atoms with Crippen molar-refractivity contribution in [3.05, 3.63) is 17.5 Å². The maximum absolute atomic E-state index is 5.73. The van der Waals surface area contributed by atoms with Crippen LogP contribution in [0.25, 0.3) is 0 Å². The van der Waals surface area contributed by atoms with Crippen LogP contribution >= 0.6 is 11.6 Å². The van der Waals surface area contributed by atoms with E-state index in [-0.39, 0.29) is 0 Å². The number of hydrazine groups is 1. The Labute approximate surface area is 88.3 Å². The zero-order valence-corrected chi connectivity index (χ0v) is 8.67. The van der Waals surface area contributed by atoms with Gasteiger partial charge in [-0.15, -0.1) is 0 Å². The van der Waals surface area contributed by atoms with E-state index in [4.69, 9.17) is 11.6 Å². The molecule has 1 aliphatic rings. The number of piperidine rings is 1. The number of rotatable bonds is 2. The van der Waals surface area contributed by atoms with Gasteiger partial charge in [0.1, 0.15) is 5.15 Å². The van der Waals surface area contributed by atoms with Crippen LogP contribution in [0.1, 0.15) is 19.3 Å². The Hall–Kier alpha value is -0.870. The number of nitrogens with one attached hydrogen (secondary N) is 1. The molecule has 5 heteroatoms. The Morgan fingerprint density at radius 3 is 2.71 bits per heavy atom. The van der Waals surface area contributed by atoms with Crippen molar-refractivity contribution in [3.8, 4) is 0 Å². The van der Waals surface area contributed by atoms with Crippen molar-refractivity contribution in [3.63, 3.8) is 0 Å². The van der Waals surface area contributed by atoms with Gasteiger partial charge in [0.05, 0.1) is 12.4 Å². The van der Waals surface area contributed by atoms with Gasteiger partial charge in [-0.25, -0.2) is 9.99 Å². The third-order valence-electron chi connectivity index (χ3n) is 2.23. The summed E-state index contributed by atoms with van der Waals surface area (Å²) in [6, 6.07) is 0. The SMILES string of the molecule is Clc1cncc(NN2CCCCC2)n1. The first-order valence-electron chi connectivity index (χ1n) is 4.84. The van der Waals surface area contributed by atoms with Crippen LogP contribution in [0.2, 0.25) is 5.15 Å². The number of aromatic nitrogens is 2. The predicted octanol–water partition coefficient (Wildman–Crippen LogP) is 1.94. The zero-order chi connectivity index (χ0) is 9.80. The lowest BCUT2D eigenvalue weighted by atomic mass is 10.2. The largest absolute Gasteiger partial charge is 0.302 e. The Kier molecular flexibility index (Phi) is 3.16. The van der Waals surface area contributed by atoms with Gasteiger partial charge >= 0.3 is 0 Å². The topological polar surface area (TPSA) is 41.1 Å². The first-order valence-corrected chi connectivity index (χ1v) is 5.21. The molecule has 0 unspecified atom stereocenters. The van der Waals surface area contributed by atoms with Crippen LogP contribution in [0.4, 0.5) is 5.82 Å². The summed E-state index contributed by atoms with van der Waals surface area (Å²) in [5.74, 6) is 0.722. The molecule has 0 radical (unpaired) electrons. The van der Waals surface area contributed by atoms with E-state index in [0.29, 0.717) is 5.15 Å². The molecule has 0 spiro atoms. The monoisotopic (exact) mass is 212 g/mol. The van der Waals surface area contributed by atoms with Gasteiger partial charge in [-0.05, 0) is 12.8 Å². The molecule has 0 atom stereocenters. The fourth-order valence-electron chi connectivity index (χ4n) is 1.56. The van der Waals surface area contributed by atoms with Crippen LogP contribution < -0.4 is 5.43 Å². The summed E-state index contributed by atoms with van der Waals surface area (Å²) in [5, 5.41) is 2.58. The van der Waals surface area contributed by atoms with Gasteiger partial charge in [0, 0.05) is 13.1 Å². The number of anilines is 1. The molecule has 0 amide bonds. The first kappa shape index (κ1) is 9.68. The maximum atomic E-state index is 5.73. The van der Waals surface area contributed by atoms with E-state index in [0.717, 1.165) is 18.9 Å². The van der Waals surface area contributed by atoms with E-state index in [2.05, 4.69) is 20.4 Å². The molecule has 2 heterocycles. The minimum atomic E-state index is 0.423. The highest BCUT2D eigenvalue weighted by atomic mass is 35.5. The number of hydrogen-bond donors (Lipinski definition) is 1. The molecule has 0 saturated carbocycles. The van der Waals surface area contributed by atoms with Gasteiger partial charge in [-0.2, -0.15) is 0 Å². The first-order chi connectivity index (χ1) is 6.84. The zero-order valence-electron chi connectivity index (χ0n) is 7.91. The molecule has 1 aromatic rings. The van der Waals surface area contributed by atoms with E-state index in [1.165, 1.54) is 25.5 Å². The molecule has 14 heavy (non-hydrogen) atoms. The van der Waals surface area contributed by atoms with Crippen LogP contribution in [0.5, 0.6) is 0 Å². The predicted molar refractivity (Wildman–Crippen MR) is 56.1 cm³/mol. The van der Waals surface area contributed by atoms with Crippen molar-refractivity contribution in [1.82, 2.24) is 15.0 Å². The van der Waals surface area contributed by atoms with Gasteiger partial charge in [-0.1, -0.05) is 18.0 Å². The van der Waals surface area contributed by atoms with Crippen molar-refractivity contribution < 1.29 is 0 Å².